The van der Waals surface area contributed by atoms with Crippen LogP contribution in [-0.4, -0.2) is 25.8 Å². The number of hydrogen-bond acceptors (Lipinski definition) is 2. The van der Waals surface area contributed by atoms with Crippen LogP contribution in [0.2, 0.25) is 20.1 Å². The van der Waals surface area contributed by atoms with Crippen molar-refractivity contribution in [2.45, 2.75) is 20.4 Å². The molecule has 0 amide bonds. The van der Waals surface area contributed by atoms with Crippen molar-refractivity contribution in [3.05, 3.63) is 134 Å². The molecule has 0 atom stereocenters. The molecule has 0 saturated carbocycles. The van der Waals surface area contributed by atoms with E-state index in [1.54, 1.807) is 19.1 Å². The van der Waals surface area contributed by atoms with Crippen LogP contribution in [0.4, 0.5) is 0 Å². The van der Waals surface area contributed by atoms with Gasteiger partial charge in [0.25, 0.3) is 0 Å². The highest BCUT2D eigenvalue weighted by molar-refractivity contribution is 6.54. The van der Waals surface area contributed by atoms with Crippen molar-refractivity contribution in [1.29, 1.82) is 0 Å². The molecule has 6 rings (SSSR count). The summed E-state index contributed by atoms with van der Waals surface area (Å²) >= 11 is 24.4. The number of aryl methyl sites for hydroxylation is 1. The Hall–Kier alpha value is -3.74. The largest absolute Gasteiger partial charge is 0.478 e. The molecule has 42 heavy (non-hydrogen) atoms. The zero-order valence-corrected chi connectivity index (χ0v) is 25.6. The first kappa shape index (κ1) is 29.7. The topological polar surface area (TPSA) is 63.7 Å². The fourth-order valence-corrected chi connectivity index (χ4v) is 6.16. The lowest BCUT2D eigenvalue weighted by Gasteiger charge is -2.13. The van der Waals surface area contributed by atoms with Crippen LogP contribution >= 0.6 is 46.4 Å². The quantitative estimate of drug-likeness (QED) is 0.116. The van der Waals surface area contributed by atoms with Crippen molar-refractivity contribution < 1.29 is 14.7 Å². The number of benzene rings is 3. The Balaban J connectivity index is 0.000000196. The van der Waals surface area contributed by atoms with Crippen molar-refractivity contribution in [3.63, 3.8) is 0 Å². The van der Waals surface area contributed by atoms with E-state index in [-0.39, 0.29) is 25.7 Å². The normalized spacial score (nSPS) is 11.0. The summed E-state index contributed by atoms with van der Waals surface area (Å²) < 4.78 is 4.11. The molecule has 0 radical (unpaired) electrons. The number of carboxylic acids is 1. The summed E-state index contributed by atoms with van der Waals surface area (Å²) in [4.78, 5) is 25.3. The molecule has 3 aromatic heterocycles. The Bertz CT molecular complexity index is 1940. The van der Waals surface area contributed by atoms with E-state index >= 15 is 0 Å². The number of carboxylic acid groups (broad SMARTS) is 1. The van der Waals surface area contributed by atoms with Crippen LogP contribution in [0.1, 0.15) is 38.9 Å². The molecule has 5 nitrogen and oxygen atoms in total. The summed E-state index contributed by atoms with van der Waals surface area (Å²) in [6.45, 7) is 4.39. The number of carbonyl (C=O) groups is 2. The van der Waals surface area contributed by atoms with Gasteiger partial charge in [0.1, 0.15) is 0 Å². The van der Waals surface area contributed by atoms with Crippen LogP contribution in [-0.2, 0) is 6.54 Å². The minimum Gasteiger partial charge on any atom is -0.478 e. The number of nitrogens with zero attached hydrogens (tertiary/aromatic N) is 2. The maximum Gasteiger partial charge on any atom is 0.338 e. The van der Waals surface area contributed by atoms with Gasteiger partial charge in [-0.1, -0.05) is 101 Å². The van der Waals surface area contributed by atoms with E-state index in [1.807, 2.05) is 35.8 Å². The lowest BCUT2D eigenvalue weighted by molar-refractivity contribution is 0.0693. The monoisotopic (exact) mass is 636 g/mol. The molecule has 212 valence electrons. The van der Waals surface area contributed by atoms with E-state index in [1.165, 1.54) is 16.6 Å². The van der Waals surface area contributed by atoms with Crippen molar-refractivity contribution in [2.75, 3.05) is 0 Å². The lowest BCUT2D eigenvalue weighted by Crippen LogP contribution is -2.13. The highest BCUT2D eigenvalue weighted by Crippen LogP contribution is 2.43. The lowest BCUT2D eigenvalue weighted by atomic mass is 9.96. The van der Waals surface area contributed by atoms with Crippen molar-refractivity contribution in [1.82, 2.24) is 8.97 Å². The van der Waals surface area contributed by atoms with E-state index in [0.717, 1.165) is 5.52 Å². The van der Waals surface area contributed by atoms with Crippen LogP contribution in [0.15, 0.2) is 91.3 Å². The number of hydrogen-bond donors (Lipinski definition) is 1. The molecule has 6 aromatic rings. The Kier molecular flexibility index (Phi) is 8.67. The number of halogens is 4. The smallest absolute Gasteiger partial charge is 0.338 e. The molecular formula is C33H24Cl4N2O3. The van der Waals surface area contributed by atoms with Crippen LogP contribution in [0, 0.1) is 6.92 Å². The number of ketones is 1. The van der Waals surface area contributed by atoms with Gasteiger partial charge >= 0.3 is 5.97 Å². The fourth-order valence-electron chi connectivity index (χ4n) is 5.14. The minimum atomic E-state index is -1.42. The number of pyridine rings is 1. The summed E-state index contributed by atoms with van der Waals surface area (Å²) in [5, 5.41) is 9.39. The third-order valence-corrected chi connectivity index (χ3v) is 8.90. The zero-order valence-electron chi connectivity index (χ0n) is 22.5. The Morgan fingerprint density at radius 2 is 1.36 bits per heavy atom. The fraction of sp³-hybridized carbons (Fsp3) is 0.0909. The van der Waals surface area contributed by atoms with Crippen molar-refractivity contribution in [3.8, 4) is 11.1 Å². The number of carbonyl (C=O) groups excluding carboxylic acids is 1. The molecule has 3 heterocycles. The van der Waals surface area contributed by atoms with E-state index in [4.69, 9.17) is 46.4 Å². The summed E-state index contributed by atoms with van der Waals surface area (Å²) in [5.74, 6) is -1.99. The summed E-state index contributed by atoms with van der Waals surface area (Å²) in [7, 11) is 0. The Morgan fingerprint density at radius 1 is 0.738 bits per heavy atom. The van der Waals surface area contributed by atoms with E-state index in [0.29, 0.717) is 23.2 Å². The maximum atomic E-state index is 13.5. The van der Waals surface area contributed by atoms with Crippen LogP contribution in [0.3, 0.4) is 0 Å². The molecule has 9 heteroatoms. The Labute approximate surface area is 262 Å². The number of para-hydroxylation sites is 1. The van der Waals surface area contributed by atoms with Gasteiger partial charge < -0.3 is 14.1 Å². The minimum absolute atomic E-state index is 0.159. The molecule has 1 N–H and O–H groups in total. The first-order chi connectivity index (χ1) is 20.1. The van der Waals surface area contributed by atoms with Gasteiger partial charge in [-0.15, -0.1) is 0 Å². The van der Waals surface area contributed by atoms with Crippen LogP contribution in [0.5, 0.6) is 0 Å². The molecule has 0 fully saturated rings. The number of rotatable bonds is 5. The summed E-state index contributed by atoms with van der Waals surface area (Å²) in [6.07, 6.45) is 4.23. The summed E-state index contributed by atoms with van der Waals surface area (Å²) in [6, 6.07) is 26.2. The second-order valence-electron chi connectivity index (χ2n) is 9.49. The third-order valence-electron chi connectivity index (χ3n) is 7.09. The van der Waals surface area contributed by atoms with Gasteiger partial charge in [0.2, 0.25) is 0 Å². The number of fused-ring (bicyclic) bond motifs is 2. The molecule has 0 aliphatic carbocycles. The highest BCUT2D eigenvalue weighted by Gasteiger charge is 2.31. The van der Waals surface area contributed by atoms with E-state index in [2.05, 4.69) is 59.3 Å². The third kappa shape index (κ3) is 5.30. The molecule has 3 aromatic carbocycles. The average Bonchev–Trinajstić information content (AvgIpc) is 3.56. The first-order valence-electron chi connectivity index (χ1n) is 13.0. The molecule has 0 saturated heterocycles. The van der Waals surface area contributed by atoms with Gasteiger partial charge in [-0.3, -0.25) is 4.79 Å². The summed E-state index contributed by atoms with van der Waals surface area (Å²) in [5.41, 5.74) is 4.93. The molecule has 0 aliphatic rings. The van der Waals surface area contributed by atoms with E-state index < -0.39 is 17.3 Å². The number of aromatic nitrogens is 2. The molecule has 0 spiro atoms. The standard InChI is InChI=1S/C19H13Cl4NO3.C14H11N/c1-3-24-8(2)11(9-6-4-5-7-10(9)24)18(25)12-13(19(26)27)15(21)17(23)16(22)14(12)20;1-2-6-12(7-3-1)13-10-14-8-4-5-9-15(14)11-13/h4-7H,3H2,1-2H3,(H,26,27);1-11H. The first-order valence-corrected chi connectivity index (χ1v) is 14.5. The van der Waals surface area contributed by atoms with Gasteiger partial charge in [0.05, 0.1) is 36.8 Å². The second kappa shape index (κ2) is 12.2. The van der Waals surface area contributed by atoms with Gasteiger partial charge in [-0.05, 0) is 43.7 Å². The molecular weight excluding hydrogens is 614 g/mol. The van der Waals surface area contributed by atoms with Crippen molar-refractivity contribution >= 4 is 74.6 Å². The molecule has 0 bridgehead atoms. The predicted molar refractivity (Wildman–Crippen MR) is 172 cm³/mol. The van der Waals surface area contributed by atoms with Crippen molar-refractivity contribution in [2.24, 2.45) is 0 Å². The number of aromatic carboxylic acids is 1. The van der Waals surface area contributed by atoms with Gasteiger partial charge in [-0.25, -0.2) is 4.79 Å². The molecule has 0 aliphatic heterocycles. The van der Waals surface area contributed by atoms with Crippen LogP contribution < -0.4 is 0 Å². The maximum absolute atomic E-state index is 13.5. The zero-order chi connectivity index (χ0) is 30.1. The predicted octanol–water partition coefficient (Wildman–Crippen LogP) is 10.1. The molecule has 0 unspecified atom stereocenters. The van der Waals surface area contributed by atoms with Gasteiger partial charge in [-0.2, -0.15) is 0 Å². The van der Waals surface area contributed by atoms with Gasteiger partial charge in [0.15, 0.2) is 5.78 Å². The second-order valence-corrected chi connectivity index (χ2v) is 11.0. The highest BCUT2D eigenvalue weighted by atomic mass is 35.5. The van der Waals surface area contributed by atoms with Crippen LogP contribution in [0.25, 0.3) is 27.5 Å². The SMILES string of the molecule is CCn1c(C)c(C(=O)c2c(Cl)c(Cl)c(Cl)c(Cl)c2C(=O)O)c2ccccc21.c1ccc(-c2cc3ccccn3c2)cc1. The Morgan fingerprint density at radius 3 is 2.00 bits per heavy atom. The average molecular weight is 638 g/mol. The van der Waals surface area contributed by atoms with Gasteiger partial charge in [0, 0.05) is 46.6 Å². The van der Waals surface area contributed by atoms with E-state index in [9.17, 15) is 14.7 Å².